The summed E-state index contributed by atoms with van der Waals surface area (Å²) in [5.74, 6) is 0.626. The van der Waals surface area contributed by atoms with Crippen molar-refractivity contribution >= 4 is 5.91 Å². The SMILES string of the molecule is Cc1ccc(C2C(C)CCCN2C(=O)C2CNCCO2)cc1. The van der Waals surface area contributed by atoms with Crippen molar-refractivity contribution in [3.8, 4) is 0 Å². The number of carbonyl (C=O) groups excluding carboxylic acids is 1. The molecule has 2 saturated heterocycles. The third-order valence-electron chi connectivity index (χ3n) is 4.84. The Morgan fingerprint density at radius 1 is 1.32 bits per heavy atom. The quantitative estimate of drug-likeness (QED) is 0.911. The molecule has 3 rings (SSSR count). The molecule has 120 valence electrons. The standard InChI is InChI=1S/C18H26N2O2/c1-13-5-7-15(8-6-13)17-14(2)4-3-10-20(17)18(21)16-12-19-9-11-22-16/h5-8,14,16-17,19H,3-4,9-12H2,1-2H3. The van der Waals surface area contributed by atoms with Crippen LogP contribution in [-0.2, 0) is 9.53 Å². The average molecular weight is 302 g/mol. The Morgan fingerprint density at radius 2 is 2.09 bits per heavy atom. The molecule has 2 heterocycles. The maximum absolute atomic E-state index is 12.9. The van der Waals surface area contributed by atoms with Gasteiger partial charge in [-0.1, -0.05) is 36.8 Å². The van der Waals surface area contributed by atoms with Crippen LogP contribution in [0.4, 0.5) is 0 Å². The van der Waals surface area contributed by atoms with E-state index >= 15 is 0 Å². The van der Waals surface area contributed by atoms with Gasteiger partial charge in [0.25, 0.3) is 5.91 Å². The van der Waals surface area contributed by atoms with Gasteiger partial charge >= 0.3 is 0 Å². The normalized spacial score (nSPS) is 29.4. The second kappa shape index (κ2) is 6.80. The Kier molecular flexibility index (Phi) is 4.79. The smallest absolute Gasteiger partial charge is 0.253 e. The van der Waals surface area contributed by atoms with Gasteiger partial charge in [-0.05, 0) is 31.2 Å². The summed E-state index contributed by atoms with van der Waals surface area (Å²) in [5.41, 5.74) is 2.50. The van der Waals surface area contributed by atoms with E-state index in [0.29, 0.717) is 19.1 Å². The number of hydrogen-bond donors (Lipinski definition) is 1. The highest BCUT2D eigenvalue weighted by Gasteiger charge is 2.36. The van der Waals surface area contributed by atoms with E-state index in [1.165, 1.54) is 17.5 Å². The van der Waals surface area contributed by atoms with Crippen molar-refractivity contribution in [2.45, 2.75) is 38.8 Å². The largest absolute Gasteiger partial charge is 0.366 e. The molecule has 22 heavy (non-hydrogen) atoms. The predicted molar refractivity (Wildman–Crippen MR) is 86.6 cm³/mol. The lowest BCUT2D eigenvalue weighted by atomic mass is 9.85. The van der Waals surface area contributed by atoms with Gasteiger partial charge in [0.2, 0.25) is 0 Å². The van der Waals surface area contributed by atoms with E-state index < -0.39 is 0 Å². The Labute approximate surface area is 132 Å². The van der Waals surface area contributed by atoms with Crippen LogP contribution in [-0.4, -0.2) is 43.2 Å². The molecule has 1 aromatic rings. The van der Waals surface area contributed by atoms with Gasteiger partial charge in [-0.2, -0.15) is 0 Å². The van der Waals surface area contributed by atoms with E-state index in [4.69, 9.17) is 4.74 Å². The summed E-state index contributed by atoms with van der Waals surface area (Å²) in [6.45, 7) is 7.27. The highest BCUT2D eigenvalue weighted by molar-refractivity contribution is 5.82. The first kappa shape index (κ1) is 15.5. The Bertz CT molecular complexity index is 508. The molecule has 4 nitrogen and oxygen atoms in total. The van der Waals surface area contributed by atoms with Gasteiger partial charge in [0.05, 0.1) is 12.6 Å². The summed E-state index contributed by atoms with van der Waals surface area (Å²) in [5, 5.41) is 3.26. The zero-order chi connectivity index (χ0) is 15.5. The van der Waals surface area contributed by atoms with Crippen molar-refractivity contribution in [2.75, 3.05) is 26.2 Å². The molecule has 0 spiro atoms. The van der Waals surface area contributed by atoms with Gasteiger partial charge < -0.3 is 15.0 Å². The number of rotatable bonds is 2. The van der Waals surface area contributed by atoms with Crippen molar-refractivity contribution in [1.82, 2.24) is 10.2 Å². The number of hydrogen-bond acceptors (Lipinski definition) is 3. The number of ether oxygens (including phenoxy) is 1. The topological polar surface area (TPSA) is 41.6 Å². The Balaban J connectivity index is 1.83. The van der Waals surface area contributed by atoms with Crippen LogP contribution in [0.2, 0.25) is 0 Å². The number of aryl methyl sites for hydroxylation is 1. The van der Waals surface area contributed by atoms with Crippen LogP contribution in [0.3, 0.4) is 0 Å². The third-order valence-corrected chi connectivity index (χ3v) is 4.84. The van der Waals surface area contributed by atoms with E-state index in [1.54, 1.807) is 0 Å². The van der Waals surface area contributed by atoms with E-state index in [-0.39, 0.29) is 18.1 Å². The zero-order valence-corrected chi connectivity index (χ0v) is 13.5. The molecule has 0 aromatic heterocycles. The molecule has 2 fully saturated rings. The van der Waals surface area contributed by atoms with Gasteiger partial charge in [0.1, 0.15) is 6.10 Å². The number of nitrogens with zero attached hydrogens (tertiary/aromatic N) is 1. The third kappa shape index (κ3) is 3.18. The summed E-state index contributed by atoms with van der Waals surface area (Å²) >= 11 is 0. The van der Waals surface area contributed by atoms with Crippen LogP contribution in [0.25, 0.3) is 0 Å². The fourth-order valence-corrected chi connectivity index (χ4v) is 3.62. The number of carbonyl (C=O) groups is 1. The monoisotopic (exact) mass is 302 g/mol. The molecule has 1 N–H and O–H groups in total. The van der Waals surface area contributed by atoms with Gasteiger partial charge in [-0.15, -0.1) is 0 Å². The van der Waals surface area contributed by atoms with Crippen molar-refractivity contribution in [2.24, 2.45) is 5.92 Å². The van der Waals surface area contributed by atoms with Gasteiger partial charge in [0.15, 0.2) is 0 Å². The summed E-state index contributed by atoms with van der Waals surface area (Å²) < 4.78 is 5.68. The minimum Gasteiger partial charge on any atom is -0.366 e. The average Bonchev–Trinajstić information content (AvgIpc) is 2.56. The first-order valence-corrected chi connectivity index (χ1v) is 8.36. The molecule has 2 aliphatic heterocycles. The molecular weight excluding hydrogens is 276 g/mol. The molecule has 4 heteroatoms. The lowest BCUT2D eigenvalue weighted by Crippen LogP contribution is -2.52. The summed E-state index contributed by atoms with van der Waals surface area (Å²) in [6, 6.07) is 8.78. The van der Waals surface area contributed by atoms with E-state index in [2.05, 4.69) is 48.3 Å². The fraction of sp³-hybridized carbons (Fsp3) is 0.611. The molecule has 0 saturated carbocycles. The summed E-state index contributed by atoms with van der Waals surface area (Å²) in [6.07, 6.45) is 1.92. The Hall–Kier alpha value is -1.39. The highest BCUT2D eigenvalue weighted by atomic mass is 16.5. The van der Waals surface area contributed by atoms with Gasteiger partial charge in [0, 0.05) is 19.6 Å². The minimum absolute atomic E-state index is 0.143. The molecular formula is C18H26N2O2. The molecule has 1 aromatic carbocycles. The van der Waals surface area contributed by atoms with E-state index in [0.717, 1.165) is 19.5 Å². The van der Waals surface area contributed by atoms with Crippen molar-refractivity contribution in [3.05, 3.63) is 35.4 Å². The van der Waals surface area contributed by atoms with E-state index in [1.807, 2.05) is 0 Å². The molecule has 1 amide bonds. The summed E-state index contributed by atoms with van der Waals surface area (Å²) in [4.78, 5) is 15.0. The maximum atomic E-state index is 12.9. The predicted octanol–water partition coefficient (Wildman–Crippen LogP) is 2.28. The van der Waals surface area contributed by atoms with Gasteiger partial charge in [-0.3, -0.25) is 4.79 Å². The van der Waals surface area contributed by atoms with Crippen LogP contribution < -0.4 is 5.32 Å². The number of morpholine rings is 1. The molecule has 3 unspecified atom stereocenters. The number of benzene rings is 1. The van der Waals surface area contributed by atoms with Crippen LogP contribution in [0.15, 0.2) is 24.3 Å². The zero-order valence-electron chi connectivity index (χ0n) is 13.5. The van der Waals surface area contributed by atoms with Crippen LogP contribution in [0.5, 0.6) is 0 Å². The molecule has 0 aliphatic carbocycles. The highest BCUT2D eigenvalue weighted by Crippen LogP contribution is 2.36. The van der Waals surface area contributed by atoms with Crippen LogP contribution in [0.1, 0.15) is 36.9 Å². The van der Waals surface area contributed by atoms with Crippen LogP contribution in [0, 0.1) is 12.8 Å². The lowest BCUT2D eigenvalue weighted by Gasteiger charge is -2.42. The number of amides is 1. The van der Waals surface area contributed by atoms with Crippen molar-refractivity contribution < 1.29 is 9.53 Å². The van der Waals surface area contributed by atoms with Crippen molar-refractivity contribution in [1.29, 1.82) is 0 Å². The van der Waals surface area contributed by atoms with E-state index in [9.17, 15) is 4.79 Å². The maximum Gasteiger partial charge on any atom is 0.253 e. The van der Waals surface area contributed by atoms with Crippen LogP contribution >= 0.6 is 0 Å². The van der Waals surface area contributed by atoms with Crippen molar-refractivity contribution in [3.63, 3.8) is 0 Å². The number of piperidine rings is 1. The minimum atomic E-state index is -0.327. The van der Waals surface area contributed by atoms with Gasteiger partial charge in [-0.25, -0.2) is 0 Å². The second-order valence-corrected chi connectivity index (χ2v) is 6.57. The fourth-order valence-electron chi connectivity index (χ4n) is 3.62. The number of likely N-dealkylation sites (tertiary alicyclic amines) is 1. The molecule has 0 radical (unpaired) electrons. The lowest BCUT2D eigenvalue weighted by molar-refractivity contribution is -0.150. The second-order valence-electron chi connectivity index (χ2n) is 6.57. The Morgan fingerprint density at radius 3 is 2.77 bits per heavy atom. The summed E-state index contributed by atoms with van der Waals surface area (Å²) in [7, 11) is 0. The molecule has 3 atom stereocenters. The first-order valence-electron chi connectivity index (χ1n) is 8.36. The number of nitrogens with one attached hydrogen (secondary N) is 1. The molecule has 0 bridgehead atoms. The first-order chi connectivity index (χ1) is 10.7. The molecule has 2 aliphatic rings.